The molecule has 3 aromatic heterocycles. The number of nitrogens with zero attached hydrogens (tertiary/aromatic N) is 5. The van der Waals surface area contributed by atoms with Crippen molar-refractivity contribution in [2.24, 2.45) is 0 Å². The lowest BCUT2D eigenvalue weighted by atomic mass is 9.97. The summed E-state index contributed by atoms with van der Waals surface area (Å²) in [4.78, 5) is 23.7. The molecule has 1 aromatic carbocycles. The van der Waals surface area contributed by atoms with Crippen molar-refractivity contribution in [3.05, 3.63) is 72.4 Å². The molecule has 0 spiro atoms. The Balaban J connectivity index is 1.42. The SMILES string of the molecule is COc1cccc(-c2ccc3nc([C@@H]4CCCN(C(=O)c5ccccn5)C4)nn3c2)c1OC. The van der Waals surface area contributed by atoms with Crippen LogP contribution in [0.5, 0.6) is 11.5 Å². The molecule has 0 bridgehead atoms. The molecule has 4 aromatic rings. The number of hydrogen-bond donors (Lipinski definition) is 0. The Bertz CT molecular complexity index is 1290. The van der Waals surface area contributed by atoms with Crippen LogP contribution in [-0.2, 0) is 0 Å². The number of rotatable bonds is 5. The number of para-hydroxylation sites is 1. The van der Waals surface area contributed by atoms with E-state index in [-0.39, 0.29) is 11.8 Å². The van der Waals surface area contributed by atoms with Crippen molar-refractivity contribution in [1.29, 1.82) is 0 Å². The van der Waals surface area contributed by atoms with Crippen molar-refractivity contribution >= 4 is 11.6 Å². The van der Waals surface area contributed by atoms with E-state index in [1.54, 1.807) is 31.0 Å². The molecule has 0 unspecified atom stereocenters. The summed E-state index contributed by atoms with van der Waals surface area (Å²) in [6, 6.07) is 15.1. The molecule has 0 N–H and O–H groups in total. The van der Waals surface area contributed by atoms with Gasteiger partial charge in [0.15, 0.2) is 23.0 Å². The Hall–Kier alpha value is -3.94. The Kier molecular flexibility index (Phi) is 5.64. The quantitative estimate of drug-likeness (QED) is 0.466. The van der Waals surface area contributed by atoms with Gasteiger partial charge in [0, 0.05) is 42.5 Å². The van der Waals surface area contributed by atoms with Gasteiger partial charge in [-0.25, -0.2) is 9.50 Å². The van der Waals surface area contributed by atoms with Crippen LogP contribution in [0.2, 0.25) is 0 Å². The van der Waals surface area contributed by atoms with Gasteiger partial charge in [-0.1, -0.05) is 18.2 Å². The van der Waals surface area contributed by atoms with Gasteiger partial charge in [0.2, 0.25) is 0 Å². The lowest BCUT2D eigenvalue weighted by Crippen LogP contribution is -2.39. The summed E-state index contributed by atoms with van der Waals surface area (Å²) in [5.74, 6) is 2.14. The molecule has 1 aliphatic rings. The number of ether oxygens (including phenoxy) is 2. The average Bonchev–Trinajstić information content (AvgIpc) is 3.32. The largest absolute Gasteiger partial charge is 0.493 e. The summed E-state index contributed by atoms with van der Waals surface area (Å²) >= 11 is 0. The number of piperidine rings is 1. The van der Waals surface area contributed by atoms with Gasteiger partial charge in [0.05, 0.1) is 14.2 Å². The number of likely N-dealkylation sites (tertiary alicyclic amines) is 1. The fraction of sp³-hybridized carbons (Fsp3) is 0.280. The molecule has 168 valence electrons. The lowest BCUT2D eigenvalue weighted by molar-refractivity contribution is 0.0698. The van der Waals surface area contributed by atoms with Gasteiger partial charge >= 0.3 is 0 Å². The highest BCUT2D eigenvalue weighted by Crippen LogP contribution is 2.37. The van der Waals surface area contributed by atoms with Crippen LogP contribution in [0, 0.1) is 0 Å². The molecule has 1 fully saturated rings. The number of fused-ring (bicyclic) bond motifs is 1. The van der Waals surface area contributed by atoms with Crippen LogP contribution in [0.15, 0.2) is 60.9 Å². The van der Waals surface area contributed by atoms with Crippen LogP contribution >= 0.6 is 0 Å². The highest BCUT2D eigenvalue weighted by Gasteiger charge is 2.28. The normalized spacial score (nSPS) is 16.1. The molecular formula is C25H25N5O3. The molecule has 0 aliphatic carbocycles. The van der Waals surface area contributed by atoms with Crippen molar-refractivity contribution < 1.29 is 14.3 Å². The molecular weight excluding hydrogens is 418 g/mol. The number of methoxy groups -OCH3 is 2. The van der Waals surface area contributed by atoms with Crippen molar-refractivity contribution in [3.63, 3.8) is 0 Å². The van der Waals surface area contributed by atoms with Gasteiger partial charge in [0.25, 0.3) is 5.91 Å². The number of carbonyl (C=O) groups excluding carboxylic acids is 1. The third-order valence-corrected chi connectivity index (χ3v) is 6.02. The molecule has 33 heavy (non-hydrogen) atoms. The molecule has 4 heterocycles. The van der Waals surface area contributed by atoms with Crippen LogP contribution in [-0.4, -0.2) is 57.7 Å². The molecule has 0 saturated carbocycles. The predicted molar refractivity (Wildman–Crippen MR) is 124 cm³/mol. The van der Waals surface area contributed by atoms with E-state index in [0.717, 1.165) is 42.0 Å². The monoisotopic (exact) mass is 443 g/mol. The van der Waals surface area contributed by atoms with Gasteiger partial charge in [-0.2, -0.15) is 5.10 Å². The highest BCUT2D eigenvalue weighted by molar-refractivity contribution is 5.92. The van der Waals surface area contributed by atoms with Gasteiger partial charge in [-0.05, 0) is 43.2 Å². The Labute approximate surface area is 191 Å². The summed E-state index contributed by atoms with van der Waals surface area (Å²) in [6.07, 6.45) is 5.44. The van der Waals surface area contributed by atoms with E-state index >= 15 is 0 Å². The fourth-order valence-electron chi connectivity index (χ4n) is 4.37. The van der Waals surface area contributed by atoms with Crippen LogP contribution in [0.1, 0.15) is 35.1 Å². The van der Waals surface area contributed by atoms with E-state index in [9.17, 15) is 4.79 Å². The van der Waals surface area contributed by atoms with Gasteiger partial charge in [0.1, 0.15) is 5.69 Å². The molecule has 1 atom stereocenters. The molecule has 8 nitrogen and oxygen atoms in total. The molecule has 0 radical (unpaired) electrons. The first-order valence-electron chi connectivity index (χ1n) is 11.0. The zero-order chi connectivity index (χ0) is 22.8. The topological polar surface area (TPSA) is 81.9 Å². The molecule has 1 aliphatic heterocycles. The summed E-state index contributed by atoms with van der Waals surface area (Å²) in [6.45, 7) is 1.31. The number of pyridine rings is 2. The molecule has 1 amide bonds. The van der Waals surface area contributed by atoms with E-state index in [0.29, 0.717) is 23.7 Å². The number of carbonyl (C=O) groups is 1. The summed E-state index contributed by atoms with van der Waals surface area (Å²) < 4.78 is 12.8. The Morgan fingerprint density at radius 1 is 1.06 bits per heavy atom. The maximum atomic E-state index is 12.9. The van der Waals surface area contributed by atoms with Crippen LogP contribution < -0.4 is 9.47 Å². The number of aromatic nitrogens is 4. The minimum Gasteiger partial charge on any atom is -0.493 e. The standard InChI is InChI=1S/C25H25N5O3/c1-32-21-10-5-8-19(23(21)33-2)17-11-12-22-27-24(28-30(22)16-17)18-7-6-14-29(15-18)25(31)20-9-3-4-13-26-20/h3-5,8-13,16,18H,6-7,14-15H2,1-2H3/t18-/m1/s1. The lowest BCUT2D eigenvalue weighted by Gasteiger charge is -2.31. The van der Waals surface area contributed by atoms with E-state index in [4.69, 9.17) is 19.6 Å². The van der Waals surface area contributed by atoms with E-state index in [2.05, 4.69) is 4.98 Å². The zero-order valence-corrected chi connectivity index (χ0v) is 18.6. The summed E-state index contributed by atoms with van der Waals surface area (Å²) in [5.41, 5.74) is 3.10. The van der Waals surface area contributed by atoms with Gasteiger partial charge < -0.3 is 14.4 Å². The van der Waals surface area contributed by atoms with Crippen LogP contribution in [0.25, 0.3) is 16.8 Å². The minimum atomic E-state index is -0.0449. The van der Waals surface area contributed by atoms with Crippen molar-refractivity contribution in [1.82, 2.24) is 24.5 Å². The van der Waals surface area contributed by atoms with Crippen molar-refractivity contribution in [3.8, 4) is 22.6 Å². The highest BCUT2D eigenvalue weighted by atomic mass is 16.5. The predicted octanol–water partition coefficient (Wildman–Crippen LogP) is 3.83. The van der Waals surface area contributed by atoms with E-state index < -0.39 is 0 Å². The van der Waals surface area contributed by atoms with Crippen LogP contribution in [0.3, 0.4) is 0 Å². The van der Waals surface area contributed by atoms with E-state index in [1.807, 2.05) is 53.6 Å². The first-order valence-corrected chi connectivity index (χ1v) is 11.0. The zero-order valence-electron chi connectivity index (χ0n) is 18.6. The van der Waals surface area contributed by atoms with Crippen molar-refractivity contribution in [2.45, 2.75) is 18.8 Å². The Morgan fingerprint density at radius 2 is 1.97 bits per heavy atom. The molecule has 5 rings (SSSR count). The second-order valence-electron chi connectivity index (χ2n) is 8.04. The maximum Gasteiger partial charge on any atom is 0.272 e. The van der Waals surface area contributed by atoms with Gasteiger partial charge in [-0.3, -0.25) is 9.78 Å². The molecule has 1 saturated heterocycles. The van der Waals surface area contributed by atoms with Crippen molar-refractivity contribution in [2.75, 3.05) is 27.3 Å². The second-order valence-corrected chi connectivity index (χ2v) is 8.04. The third-order valence-electron chi connectivity index (χ3n) is 6.02. The van der Waals surface area contributed by atoms with E-state index in [1.165, 1.54) is 0 Å². The Morgan fingerprint density at radius 3 is 2.76 bits per heavy atom. The van der Waals surface area contributed by atoms with Gasteiger partial charge in [-0.15, -0.1) is 0 Å². The third kappa shape index (κ3) is 4.00. The first-order chi connectivity index (χ1) is 16.2. The smallest absolute Gasteiger partial charge is 0.272 e. The second kappa shape index (κ2) is 8.90. The number of hydrogen-bond acceptors (Lipinski definition) is 6. The average molecular weight is 444 g/mol. The van der Waals surface area contributed by atoms with Crippen LogP contribution in [0.4, 0.5) is 0 Å². The fourth-order valence-corrected chi connectivity index (χ4v) is 4.37. The number of amides is 1. The summed E-state index contributed by atoms with van der Waals surface area (Å²) in [5, 5.41) is 4.77. The number of benzene rings is 1. The summed E-state index contributed by atoms with van der Waals surface area (Å²) in [7, 11) is 3.26. The first kappa shape index (κ1) is 20.9. The minimum absolute atomic E-state index is 0.0449. The maximum absolute atomic E-state index is 12.9. The molecule has 8 heteroatoms.